The van der Waals surface area contributed by atoms with Gasteiger partial charge in [-0.2, -0.15) is 0 Å². The summed E-state index contributed by atoms with van der Waals surface area (Å²) < 4.78 is 21.5. The maximum Gasteiger partial charge on any atom is 0.417 e. The van der Waals surface area contributed by atoms with E-state index in [1.807, 2.05) is 24.3 Å². The van der Waals surface area contributed by atoms with Crippen molar-refractivity contribution < 1.29 is 11.9 Å². The number of pyridine rings is 2. The Labute approximate surface area is 149 Å². The molecule has 2 heteroatoms. The van der Waals surface area contributed by atoms with Crippen LogP contribution in [0.5, 0.6) is 0 Å². The Morgan fingerprint density at radius 2 is 1.28 bits per heavy atom. The molecule has 1 spiro atoms. The van der Waals surface area contributed by atoms with Crippen LogP contribution in [0.4, 0.5) is 0 Å². The van der Waals surface area contributed by atoms with Gasteiger partial charge >= 0.3 is 5.66 Å². The van der Waals surface area contributed by atoms with Gasteiger partial charge in [-0.1, -0.05) is 24.2 Å². The smallest absolute Gasteiger partial charge is 0.126 e. The van der Waals surface area contributed by atoms with Crippen molar-refractivity contribution in [3.05, 3.63) is 108 Å². The molecule has 6 rings (SSSR count). The molecule has 25 heavy (non-hydrogen) atoms. The topological polar surface area (TPSA) is 7.76 Å². The number of aromatic nitrogens is 2. The SMILES string of the molecule is [3H]c1cc([3H])c2c(c1)-c1cccc[n+]1C21c2ccccc2-c2cccc[n+]21. The quantitative estimate of drug-likeness (QED) is 0.378. The molecule has 2 aromatic carbocycles. The summed E-state index contributed by atoms with van der Waals surface area (Å²) in [5.41, 5.74) is 5.79. The van der Waals surface area contributed by atoms with Gasteiger partial charge in [0, 0.05) is 24.3 Å². The Balaban J connectivity index is 1.89. The molecule has 1 atom stereocenters. The van der Waals surface area contributed by atoms with Gasteiger partial charge in [-0.05, 0) is 36.4 Å². The van der Waals surface area contributed by atoms with Gasteiger partial charge in [0.2, 0.25) is 11.4 Å². The lowest BCUT2D eigenvalue weighted by molar-refractivity contribution is -0.955. The number of hydrogen-bond donors (Lipinski definition) is 0. The number of fused-ring (bicyclic) bond motifs is 10. The van der Waals surface area contributed by atoms with Crippen LogP contribution in [0.25, 0.3) is 22.5 Å². The van der Waals surface area contributed by atoms with Crippen LogP contribution in [-0.2, 0) is 5.66 Å². The standard InChI is InChI=1S/C23H16N2/c1-3-11-19-17(9-1)21-13-5-7-15-24(21)23(19)20-12-4-2-10-18(20)22-14-6-8-16-25(22)23/h1-16H/q+2/i1T,11T. The van der Waals surface area contributed by atoms with Crippen LogP contribution in [0.3, 0.4) is 0 Å². The lowest BCUT2D eigenvalue weighted by Gasteiger charge is -2.16. The molecule has 1 unspecified atom stereocenters. The van der Waals surface area contributed by atoms with Gasteiger partial charge in [-0.3, -0.25) is 0 Å². The maximum atomic E-state index is 8.79. The third kappa shape index (κ3) is 1.38. The van der Waals surface area contributed by atoms with Crippen molar-refractivity contribution in [3.8, 4) is 22.5 Å². The first-order valence-corrected chi connectivity index (χ1v) is 8.47. The lowest BCUT2D eigenvalue weighted by atomic mass is 9.90. The van der Waals surface area contributed by atoms with Crippen LogP contribution < -0.4 is 9.13 Å². The van der Waals surface area contributed by atoms with Crippen molar-refractivity contribution in [2.24, 2.45) is 0 Å². The molecule has 116 valence electrons. The van der Waals surface area contributed by atoms with Crippen LogP contribution in [0.15, 0.2) is 97.3 Å². The van der Waals surface area contributed by atoms with E-state index in [1.54, 1.807) is 6.07 Å². The third-order valence-corrected chi connectivity index (χ3v) is 5.42. The van der Waals surface area contributed by atoms with Gasteiger partial charge in [0.25, 0.3) is 0 Å². The molecule has 0 radical (unpaired) electrons. The molecular weight excluding hydrogens is 304 g/mol. The second-order valence-corrected chi connectivity index (χ2v) is 6.52. The average molecular weight is 324 g/mol. The van der Waals surface area contributed by atoms with E-state index in [4.69, 9.17) is 2.74 Å². The van der Waals surface area contributed by atoms with Crippen LogP contribution in [0.1, 0.15) is 13.9 Å². The second-order valence-electron chi connectivity index (χ2n) is 6.52. The summed E-state index contributed by atoms with van der Waals surface area (Å²) in [6.07, 6.45) is 4.19. The number of rotatable bonds is 0. The molecule has 2 aliphatic heterocycles. The van der Waals surface area contributed by atoms with Crippen molar-refractivity contribution in [3.63, 3.8) is 0 Å². The van der Waals surface area contributed by atoms with Gasteiger partial charge in [-0.15, -0.1) is 9.13 Å². The molecule has 0 saturated heterocycles. The number of hydrogen-bond acceptors (Lipinski definition) is 0. The summed E-state index contributed by atoms with van der Waals surface area (Å²) in [5.74, 6) is 0. The van der Waals surface area contributed by atoms with Gasteiger partial charge < -0.3 is 0 Å². The monoisotopic (exact) mass is 324 g/mol. The first kappa shape index (κ1) is 11.3. The van der Waals surface area contributed by atoms with E-state index in [0.717, 1.165) is 22.5 Å². The van der Waals surface area contributed by atoms with Gasteiger partial charge in [0.15, 0.2) is 12.4 Å². The summed E-state index contributed by atoms with van der Waals surface area (Å²) in [7, 11) is 0. The molecule has 0 amide bonds. The van der Waals surface area contributed by atoms with Gasteiger partial charge in [-0.25, -0.2) is 0 Å². The van der Waals surface area contributed by atoms with E-state index in [-0.39, 0.29) is 0 Å². The van der Waals surface area contributed by atoms with Crippen molar-refractivity contribution in [1.82, 2.24) is 0 Å². The second kappa shape index (κ2) is 4.42. The fourth-order valence-electron chi connectivity index (χ4n) is 4.53. The zero-order chi connectivity index (χ0) is 18.2. The molecule has 0 fully saturated rings. The molecule has 2 aromatic heterocycles. The van der Waals surface area contributed by atoms with Gasteiger partial charge in [0.1, 0.15) is 11.1 Å². The minimum Gasteiger partial charge on any atom is -0.126 e. The fourth-order valence-corrected chi connectivity index (χ4v) is 4.53. The summed E-state index contributed by atoms with van der Waals surface area (Å²) in [5, 5.41) is 0. The molecule has 4 heterocycles. The predicted octanol–water partition coefficient (Wildman–Crippen LogP) is 3.52. The molecule has 0 saturated carbocycles. The number of benzene rings is 2. The zero-order valence-corrected chi connectivity index (χ0v) is 13.5. The molecule has 0 bridgehead atoms. The van der Waals surface area contributed by atoms with Crippen molar-refractivity contribution in [2.45, 2.75) is 5.66 Å². The number of nitrogens with zero attached hydrogens (tertiary/aromatic N) is 2. The minimum absolute atomic E-state index is 0.371. The summed E-state index contributed by atoms with van der Waals surface area (Å²) in [6, 6.07) is 25.1. The lowest BCUT2D eigenvalue weighted by Crippen LogP contribution is -2.71. The third-order valence-electron chi connectivity index (χ3n) is 5.42. The molecule has 0 aliphatic carbocycles. The van der Waals surface area contributed by atoms with Crippen LogP contribution in [0, 0.1) is 0 Å². The highest BCUT2D eigenvalue weighted by atomic mass is 15.3. The van der Waals surface area contributed by atoms with Crippen LogP contribution in [0.2, 0.25) is 0 Å². The van der Waals surface area contributed by atoms with E-state index in [1.165, 1.54) is 11.1 Å². The zero-order valence-electron chi connectivity index (χ0n) is 15.5. The first-order valence-electron chi connectivity index (χ1n) is 9.47. The Kier molecular flexibility index (Phi) is 2.00. The van der Waals surface area contributed by atoms with Crippen molar-refractivity contribution >= 4 is 0 Å². The van der Waals surface area contributed by atoms with Crippen LogP contribution >= 0.6 is 0 Å². The Hall–Kier alpha value is -3.26. The van der Waals surface area contributed by atoms with Crippen molar-refractivity contribution in [2.75, 3.05) is 0 Å². The first-order chi connectivity index (χ1) is 13.2. The van der Waals surface area contributed by atoms with Gasteiger partial charge in [0.05, 0.1) is 13.9 Å². The predicted molar refractivity (Wildman–Crippen MR) is 95.7 cm³/mol. The Morgan fingerprint density at radius 1 is 0.640 bits per heavy atom. The van der Waals surface area contributed by atoms with Crippen LogP contribution in [-0.4, -0.2) is 0 Å². The maximum absolute atomic E-state index is 8.79. The largest absolute Gasteiger partial charge is 0.417 e. The summed E-state index contributed by atoms with van der Waals surface area (Å²) in [4.78, 5) is 0. The highest BCUT2D eigenvalue weighted by molar-refractivity contribution is 5.73. The molecule has 2 aliphatic rings. The summed E-state index contributed by atoms with van der Waals surface area (Å²) in [6.45, 7) is 0. The van der Waals surface area contributed by atoms with E-state index in [0.29, 0.717) is 12.1 Å². The normalized spacial score (nSPS) is 19.7. The highest BCUT2D eigenvalue weighted by Gasteiger charge is 2.66. The highest BCUT2D eigenvalue weighted by Crippen LogP contribution is 2.46. The molecule has 0 N–H and O–H groups in total. The van der Waals surface area contributed by atoms with E-state index in [9.17, 15) is 0 Å². The minimum atomic E-state index is -0.635. The van der Waals surface area contributed by atoms with E-state index >= 15 is 0 Å². The summed E-state index contributed by atoms with van der Waals surface area (Å²) >= 11 is 0. The Morgan fingerprint density at radius 3 is 2.04 bits per heavy atom. The van der Waals surface area contributed by atoms with Crippen molar-refractivity contribution in [1.29, 1.82) is 0 Å². The molecule has 4 aromatic rings. The van der Waals surface area contributed by atoms with E-state index < -0.39 is 5.66 Å². The average Bonchev–Trinajstić information content (AvgIpc) is 3.15. The fraction of sp³-hybridized carbons (Fsp3) is 0.0435. The molecule has 2 nitrogen and oxygen atoms in total. The molecular formula is C23H16N2+2. The van der Waals surface area contributed by atoms with E-state index in [2.05, 4.69) is 64.0 Å². The Bertz CT molecular complexity index is 1220.